The highest BCUT2D eigenvalue weighted by atomic mass is 16.5. The summed E-state index contributed by atoms with van der Waals surface area (Å²) in [5.74, 6) is -0.0109. The zero-order valence-electron chi connectivity index (χ0n) is 18.8. The van der Waals surface area contributed by atoms with Crippen molar-refractivity contribution in [1.82, 2.24) is 0 Å². The normalized spacial score (nSPS) is 10.6. The maximum Gasteiger partial charge on any atom is 0.340 e. The Morgan fingerprint density at radius 1 is 0.667 bits per heavy atom. The average molecular weight is 415 g/mol. The van der Waals surface area contributed by atoms with E-state index >= 15 is 0 Å². The van der Waals surface area contributed by atoms with Crippen LogP contribution in [0, 0.1) is 27.7 Å². The molecule has 0 N–H and O–H groups in total. The van der Waals surface area contributed by atoms with Gasteiger partial charge in [0.15, 0.2) is 0 Å². The summed E-state index contributed by atoms with van der Waals surface area (Å²) >= 11 is 0. The van der Waals surface area contributed by atoms with E-state index in [1.54, 1.807) is 19.1 Å². The van der Waals surface area contributed by atoms with Gasteiger partial charge in [0.1, 0.15) is 11.5 Å². The third-order valence-electron chi connectivity index (χ3n) is 5.05. The zero-order valence-corrected chi connectivity index (χ0v) is 18.8. The quantitative estimate of drug-likeness (QED) is 0.503. The van der Waals surface area contributed by atoms with Crippen molar-refractivity contribution >= 4 is 23.3 Å². The van der Waals surface area contributed by atoms with Gasteiger partial charge in [-0.15, -0.1) is 0 Å². The molecular formula is C23H29NO6. The molecule has 7 nitrogen and oxygen atoms in total. The van der Waals surface area contributed by atoms with Crippen LogP contribution in [-0.2, 0) is 19.1 Å². The van der Waals surface area contributed by atoms with Crippen LogP contribution >= 0.6 is 0 Å². The van der Waals surface area contributed by atoms with Crippen molar-refractivity contribution in [2.75, 3.05) is 33.3 Å². The summed E-state index contributed by atoms with van der Waals surface area (Å²) in [6, 6.07) is 6.18. The molecule has 0 amide bonds. The molecule has 0 aliphatic carbocycles. The van der Waals surface area contributed by atoms with Gasteiger partial charge in [-0.2, -0.15) is 0 Å². The summed E-state index contributed by atoms with van der Waals surface area (Å²) in [6.07, 6.45) is 0. The van der Waals surface area contributed by atoms with Crippen LogP contribution in [0.2, 0.25) is 0 Å². The molecule has 7 heteroatoms. The summed E-state index contributed by atoms with van der Waals surface area (Å²) in [5, 5.41) is 0. The SMILES string of the molecule is COC(=O)C(C(=O)OC)N(c1cc(C)c(OC)cc1C)c1cc(C)c(OC)cc1C. The van der Waals surface area contributed by atoms with Crippen LogP contribution in [0.1, 0.15) is 22.3 Å². The van der Waals surface area contributed by atoms with Crippen molar-refractivity contribution in [2.45, 2.75) is 33.7 Å². The van der Waals surface area contributed by atoms with Crippen LogP contribution in [0.5, 0.6) is 11.5 Å². The molecule has 162 valence electrons. The molecule has 0 saturated carbocycles. The Morgan fingerprint density at radius 3 is 1.33 bits per heavy atom. The topological polar surface area (TPSA) is 74.3 Å². The Bertz CT molecular complexity index is 878. The van der Waals surface area contributed by atoms with Crippen LogP contribution in [0.3, 0.4) is 0 Å². The van der Waals surface area contributed by atoms with Crippen molar-refractivity contribution in [3.63, 3.8) is 0 Å². The summed E-state index contributed by atoms with van der Waals surface area (Å²) in [6.45, 7) is 7.58. The summed E-state index contributed by atoms with van der Waals surface area (Å²) in [4.78, 5) is 27.1. The van der Waals surface area contributed by atoms with Crippen molar-refractivity contribution in [3.8, 4) is 11.5 Å². The van der Waals surface area contributed by atoms with Gasteiger partial charge in [-0.25, -0.2) is 9.59 Å². The number of rotatable bonds is 7. The number of benzene rings is 2. The minimum Gasteiger partial charge on any atom is -0.496 e. The molecular weight excluding hydrogens is 386 g/mol. The number of methoxy groups -OCH3 is 4. The second-order valence-corrected chi connectivity index (χ2v) is 7.04. The molecule has 30 heavy (non-hydrogen) atoms. The highest BCUT2D eigenvalue weighted by molar-refractivity contribution is 6.05. The van der Waals surface area contributed by atoms with E-state index < -0.39 is 18.0 Å². The van der Waals surface area contributed by atoms with Crippen LogP contribution < -0.4 is 14.4 Å². The van der Waals surface area contributed by atoms with Gasteiger partial charge in [-0.05, 0) is 74.2 Å². The third kappa shape index (κ3) is 4.35. The average Bonchev–Trinajstić information content (AvgIpc) is 2.73. The standard InChI is InChI=1S/C23H29NO6/c1-13-11-19(27-5)15(3)9-17(13)24(21(22(25)29-7)23(26)30-8)18-10-16(4)20(28-6)12-14(18)2/h9-12,21H,1-8H3. The first kappa shape index (κ1) is 23.1. The molecule has 0 fully saturated rings. The minimum atomic E-state index is -1.32. The lowest BCUT2D eigenvalue weighted by Gasteiger charge is -2.33. The molecule has 0 spiro atoms. The third-order valence-corrected chi connectivity index (χ3v) is 5.05. The molecule has 2 rings (SSSR count). The number of ether oxygens (including phenoxy) is 4. The molecule has 0 aliphatic rings. The van der Waals surface area contributed by atoms with E-state index in [0.717, 1.165) is 22.3 Å². The number of hydrogen-bond acceptors (Lipinski definition) is 7. The van der Waals surface area contributed by atoms with E-state index in [1.165, 1.54) is 14.2 Å². The predicted molar refractivity (Wildman–Crippen MR) is 115 cm³/mol. The Balaban J connectivity index is 2.86. The Labute approximate surface area is 177 Å². The fraction of sp³-hybridized carbons (Fsp3) is 0.391. The molecule has 0 bridgehead atoms. The van der Waals surface area contributed by atoms with Crippen LogP contribution in [-0.4, -0.2) is 46.4 Å². The summed E-state index contributed by atoms with van der Waals surface area (Å²) < 4.78 is 20.8. The van der Waals surface area contributed by atoms with E-state index in [9.17, 15) is 9.59 Å². The van der Waals surface area contributed by atoms with Gasteiger partial charge in [-0.1, -0.05) is 0 Å². The van der Waals surface area contributed by atoms with Crippen molar-refractivity contribution in [2.24, 2.45) is 0 Å². The number of esters is 2. The predicted octanol–water partition coefficient (Wildman–Crippen LogP) is 3.79. The van der Waals surface area contributed by atoms with Gasteiger partial charge < -0.3 is 23.8 Å². The summed E-state index contributed by atoms with van der Waals surface area (Å²) in [7, 11) is 5.69. The molecule has 0 unspecified atom stereocenters. The molecule has 2 aromatic rings. The first-order chi connectivity index (χ1) is 14.2. The maximum absolute atomic E-state index is 12.7. The highest BCUT2D eigenvalue weighted by Gasteiger charge is 2.38. The summed E-state index contributed by atoms with van der Waals surface area (Å²) in [5.41, 5.74) is 4.70. The number of carbonyl (C=O) groups is 2. The minimum absolute atomic E-state index is 0.668. The fourth-order valence-electron chi connectivity index (χ4n) is 3.45. The second kappa shape index (κ2) is 9.52. The van der Waals surface area contributed by atoms with E-state index in [4.69, 9.17) is 18.9 Å². The largest absolute Gasteiger partial charge is 0.496 e. The van der Waals surface area contributed by atoms with Gasteiger partial charge in [-0.3, -0.25) is 0 Å². The van der Waals surface area contributed by atoms with Gasteiger partial charge in [0.25, 0.3) is 0 Å². The molecule has 0 atom stereocenters. The number of carbonyl (C=O) groups excluding carboxylic acids is 2. The molecule has 0 saturated heterocycles. The van der Waals surface area contributed by atoms with Gasteiger partial charge in [0.05, 0.1) is 28.4 Å². The van der Waals surface area contributed by atoms with E-state index in [1.807, 2.05) is 52.0 Å². The smallest absolute Gasteiger partial charge is 0.340 e. The van der Waals surface area contributed by atoms with Crippen LogP contribution in [0.4, 0.5) is 11.4 Å². The van der Waals surface area contributed by atoms with Gasteiger partial charge in [0.2, 0.25) is 6.04 Å². The van der Waals surface area contributed by atoms with Crippen LogP contribution in [0.15, 0.2) is 24.3 Å². The molecule has 2 aromatic carbocycles. The molecule has 0 heterocycles. The lowest BCUT2D eigenvalue weighted by Crippen LogP contribution is -2.46. The molecule has 0 radical (unpaired) electrons. The van der Waals surface area contributed by atoms with Crippen molar-refractivity contribution in [1.29, 1.82) is 0 Å². The molecule has 0 aromatic heterocycles. The van der Waals surface area contributed by atoms with Gasteiger partial charge in [0, 0.05) is 11.4 Å². The first-order valence-electron chi connectivity index (χ1n) is 9.45. The van der Waals surface area contributed by atoms with E-state index in [0.29, 0.717) is 22.9 Å². The number of hydrogen-bond donors (Lipinski definition) is 0. The Morgan fingerprint density at radius 2 is 1.03 bits per heavy atom. The number of nitrogens with zero attached hydrogens (tertiary/aromatic N) is 1. The monoisotopic (exact) mass is 415 g/mol. The molecule has 0 aliphatic heterocycles. The maximum atomic E-state index is 12.7. The fourth-order valence-corrected chi connectivity index (χ4v) is 3.45. The lowest BCUT2D eigenvalue weighted by molar-refractivity contribution is -0.153. The van der Waals surface area contributed by atoms with Crippen LogP contribution in [0.25, 0.3) is 0 Å². The number of anilines is 2. The van der Waals surface area contributed by atoms with Gasteiger partial charge >= 0.3 is 11.9 Å². The van der Waals surface area contributed by atoms with E-state index in [2.05, 4.69) is 0 Å². The number of aryl methyl sites for hydroxylation is 4. The highest BCUT2D eigenvalue weighted by Crippen LogP contribution is 2.39. The lowest BCUT2D eigenvalue weighted by atomic mass is 10.0. The Hall–Kier alpha value is -3.22. The second-order valence-electron chi connectivity index (χ2n) is 7.04. The zero-order chi connectivity index (χ0) is 22.6. The Kier molecular flexibility index (Phi) is 7.32. The van der Waals surface area contributed by atoms with Crippen molar-refractivity contribution in [3.05, 3.63) is 46.5 Å². The van der Waals surface area contributed by atoms with Crippen molar-refractivity contribution < 1.29 is 28.5 Å². The first-order valence-corrected chi connectivity index (χ1v) is 9.45. The van der Waals surface area contributed by atoms with E-state index in [-0.39, 0.29) is 0 Å².